The second-order valence-corrected chi connectivity index (χ2v) is 7.00. The van der Waals surface area contributed by atoms with Gasteiger partial charge in [0.25, 0.3) is 0 Å². The molecule has 1 aliphatic rings. The van der Waals surface area contributed by atoms with E-state index < -0.39 is 0 Å². The smallest absolute Gasteiger partial charge is 0.196 e. The minimum absolute atomic E-state index is 0.0895. The summed E-state index contributed by atoms with van der Waals surface area (Å²) in [5.74, 6) is 0.887. The SMILES string of the molecule is C=NC(c1ccc(C2Nc3ccccc3O2)cc1)c1ccc2ccccc2c1. The van der Waals surface area contributed by atoms with Gasteiger partial charge < -0.3 is 10.1 Å². The number of nitrogens with zero attached hydrogens (tertiary/aromatic N) is 1. The van der Waals surface area contributed by atoms with Crippen LogP contribution in [0, 0.1) is 0 Å². The first-order valence-electron chi connectivity index (χ1n) is 9.38. The van der Waals surface area contributed by atoms with Crippen LogP contribution >= 0.6 is 0 Å². The van der Waals surface area contributed by atoms with E-state index in [-0.39, 0.29) is 12.3 Å². The van der Waals surface area contributed by atoms with Crippen molar-refractivity contribution in [3.63, 3.8) is 0 Å². The van der Waals surface area contributed by atoms with Crippen LogP contribution in [0.1, 0.15) is 29.0 Å². The van der Waals surface area contributed by atoms with E-state index in [1.54, 1.807) is 0 Å². The van der Waals surface area contributed by atoms with Gasteiger partial charge in [0.2, 0.25) is 0 Å². The van der Waals surface area contributed by atoms with Gasteiger partial charge in [0.15, 0.2) is 6.23 Å². The summed E-state index contributed by atoms with van der Waals surface area (Å²) in [6, 6.07) is 31.2. The Labute approximate surface area is 164 Å². The molecule has 0 radical (unpaired) electrons. The molecule has 4 aromatic carbocycles. The van der Waals surface area contributed by atoms with Gasteiger partial charge in [-0.3, -0.25) is 4.99 Å². The molecule has 5 rings (SSSR count). The normalized spacial score (nSPS) is 16.1. The molecule has 0 amide bonds. The largest absolute Gasteiger partial charge is 0.464 e. The molecule has 3 heteroatoms. The monoisotopic (exact) mass is 364 g/mol. The third kappa shape index (κ3) is 2.91. The molecule has 3 nitrogen and oxygen atoms in total. The van der Waals surface area contributed by atoms with Crippen molar-refractivity contribution in [2.45, 2.75) is 12.3 Å². The van der Waals surface area contributed by atoms with Crippen LogP contribution < -0.4 is 10.1 Å². The average Bonchev–Trinajstić information content (AvgIpc) is 3.19. The van der Waals surface area contributed by atoms with Crippen LogP contribution in [0.5, 0.6) is 5.75 Å². The summed E-state index contributed by atoms with van der Waals surface area (Å²) in [5.41, 5.74) is 4.37. The van der Waals surface area contributed by atoms with Crippen molar-refractivity contribution in [2.75, 3.05) is 5.32 Å². The predicted molar refractivity (Wildman–Crippen MR) is 115 cm³/mol. The van der Waals surface area contributed by atoms with Crippen LogP contribution in [0.4, 0.5) is 5.69 Å². The van der Waals surface area contributed by atoms with Gasteiger partial charge in [0.05, 0.1) is 11.7 Å². The Morgan fingerprint density at radius 3 is 2.29 bits per heavy atom. The molecule has 0 spiro atoms. The highest BCUT2D eigenvalue weighted by Gasteiger charge is 2.23. The second kappa shape index (κ2) is 6.86. The van der Waals surface area contributed by atoms with Crippen LogP contribution in [0.15, 0.2) is 96.0 Å². The molecule has 0 bridgehead atoms. The molecule has 28 heavy (non-hydrogen) atoms. The summed E-state index contributed by atoms with van der Waals surface area (Å²) in [6.07, 6.45) is -0.165. The van der Waals surface area contributed by atoms with E-state index in [0.717, 1.165) is 28.1 Å². The fourth-order valence-corrected chi connectivity index (χ4v) is 3.77. The lowest BCUT2D eigenvalue weighted by molar-refractivity contribution is 0.260. The van der Waals surface area contributed by atoms with E-state index in [1.165, 1.54) is 10.8 Å². The molecule has 0 saturated carbocycles. The van der Waals surface area contributed by atoms with E-state index >= 15 is 0 Å². The highest BCUT2D eigenvalue weighted by Crippen LogP contribution is 2.38. The fraction of sp³-hybridized carbons (Fsp3) is 0.0800. The first kappa shape index (κ1) is 16.6. The zero-order valence-electron chi connectivity index (χ0n) is 15.4. The van der Waals surface area contributed by atoms with Crippen LogP contribution in [0.3, 0.4) is 0 Å². The minimum Gasteiger partial charge on any atom is -0.464 e. The Hall–Kier alpha value is -3.59. The van der Waals surface area contributed by atoms with Crippen molar-refractivity contribution in [1.82, 2.24) is 0 Å². The topological polar surface area (TPSA) is 33.6 Å². The van der Waals surface area contributed by atoms with Crippen LogP contribution in [-0.2, 0) is 0 Å². The number of benzene rings is 4. The van der Waals surface area contributed by atoms with Crippen molar-refractivity contribution in [3.05, 3.63) is 108 Å². The average molecular weight is 364 g/mol. The number of hydrogen-bond donors (Lipinski definition) is 1. The standard InChI is InChI=1S/C25H20N2O/c1-26-24(21-15-10-17-6-2-3-7-20(17)16-21)18-11-13-19(14-12-18)25-27-22-8-4-5-9-23(22)28-25/h2-16,24-25,27H,1H2. The molecule has 1 aliphatic heterocycles. The molecule has 2 atom stereocenters. The van der Waals surface area contributed by atoms with E-state index in [9.17, 15) is 0 Å². The summed E-state index contributed by atoms with van der Waals surface area (Å²) >= 11 is 0. The Morgan fingerprint density at radius 1 is 0.786 bits per heavy atom. The van der Waals surface area contributed by atoms with Crippen molar-refractivity contribution in [2.24, 2.45) is 4.99 Å². The molecule has 136 valence electrons. The summed E-state index contributed by atoms with van der Waals surface area (Å²) in [7, 11) is 0. The zero-order chi connectivity index (χ0) is 18.9. The third-order valence-electron chi connectivity index (χ3n) is 5.25. The number of anilines is 1. The molecule has 1 N–H and O–H groups in total. The number of hydrogen-bond acceptors (Lipinski definition) is 3. The zero-order valence-corrected chi connectivity index (χ0v) is 15.4. The molecule has 0 fully saturated rings. The molecular weight excluding hydrogens is 344 g/mol. The van der Waals surface area contributed by atoms with Crippen molar-refractivity contribution in [1.29, 1.82) is 0 Å². The van der Waals surface area contributed by atoms with Gasteiger partial charge in [-0.25, -0.2) is 0 Å². The number of aliphatic imine (C=N–C) groups is 1. The number of rotatable bonds is 4. The summed E-state index contributed by atoms with van der Waals surface area (Å²) in [5, 5.41) is 5.85. The van der Waals surface area contributed by atoms with Crippen molar-refractivity contribution in [3.8, 4) is 5.75 Å². The molecule has 0 saturated heterocycles. The first-order valence-corrected chi connectivity index (χ1v) is 9.38. The molecule has 4 aromatic rings. The van der Waals surface area contributed by atoms with Gasteiger partial charge in [-0.1, -0.05) is 72.8 Å². The highest BCUT2D eigenvalue weighted by atomic mass is 16.5. The number of fused-ring (bicyclic) bond motifs is 2. The van der Waals surface area contributed by atoms with Gasteiger partial charge in [-0.15, -0.1) is 0 Å². The summed E-state index contributed by atoms with van der Waals surface area (Å²) < 4.78 is 6.01. The molecular formula is C25H20N2O. The van der Waals surface area contributed by atoms with Crippen LogP contribution in [0.25, 0.3) is 10.8 Å². The maximum atomic E-state index is 6.01. The lowest BCUT2D eigenvalue weighted by Gasteiger charge is -2.16. The van der Waals surface area contributed by atoms with Gasteiger partial charge >= 0.3 is 0 Å². The lowest BCUT2D eigenvalue weighted by Crippen LogP contribution is -2.10. The summed E-state index contributed by atoms with van der Waals surface area (Å²) in [6.45, 7) is 3.83. The maximum absolute atomic E-state index is 6.01. The minimum atomic E-state index is -0.165. The van der Waals surface area contributed by atoms with E-state index in [1.807, 2.05) is 24.3 Å². The molecule has 2 unspecified atom stereocenters. The third-order valence-corrected chi connectivity index (χ3v) is 5.25. The van der Waals surface area contributed by atoms with Crippen molar-refractivity contribution < 1.29 is 4.74 Å². The van der Waals surface area contributed by atoms with Gasteiger partial charge in [0, 0.05) is 5.56 Å². The van der Waals surface area contributed by atoms with E-state index in [2.05, 4.69) is 83.8 Å². The number of ether oxygens (including phenoxy) is 1. The Bertz CT molecular complexity index is 1130. The van der Waals surface area contributed by atoms with Crippen LogP contribution in [-0.4, -0.2) is 6.72 Å². The Balaban J connectivity index is 1.41. The highest BCUT2D eigenvalue weighted by molar-refractivity contribution is 5.83. The first-order chi connectivity index (χ1) is 13.8. The quantitative estimate of drug-likeness (QED) is 0.442. The van der Waals surface area contributed by atoms with Gasteiger partial charge in [-0.2, -0.15) is 0 Å². The van der Waals surface area contributed by atoms with Gasteiger partial charge in [0.1, 0.15) is 5.75 Å². The van der Waals surface area contributed by atoms with E-state index in [4.69, 9.17) is 4.74 Å². The second-order valence-electron chi connectivity index (χ2n) is 7.00. The summed E-state index contributed by atoms with van der Waals surface area (Å²) in [4.78, 5) is 4.40. The van der Waals surface area contributed by atoms with Gasteiger partial charge in [-0.05, 0) is 46.8 Å². The molecule has 0 aromatic heterocycles. The van der Waals surface area contributed by atoms with E-state index in [0.29, 0.717) is 0 Å². The fourth-order valence-electron chi connectivity index (χ4n) is 3.77. The molecule has 0 aliphatic carbocycles. The van der Waals surface area contributed by atoms with Crippen molar-refractivity contribution >= 4 is 23.2 Å². The lowest BCUT2D eigenvalue weighted by atomic mass is 9.96. The Morgan fingerprint density at radius 2 is 1.50 bits per heavy atom. The number of para-hydroxylation sites is 2. The van der Waals surface area contributed by atoms with Crippen LogP contribution in [0.2, 0.25) is 0 Å². The maximum Gasteiger partial charge on any atom is 0.196 e. The molecule has 1 heterocycles. The predicted octanol–water partition coefficient (Wildman–Crippen LogP) is 6.13. The Kier molecular flexibility index (Phi) is 4.06. The number of nitrogens with one attached hydrogen (secondary N) is 1.